The summed E-state index contributed by atoms with van der Waals surface area (Å²) in [6.07, 6.45) is 6.53. The van der Waals surface area contributed by atoms with Gasteiger partial charge in [0, 0.05) is 19.7 Å². The molecule has 0 radical (unpaired) electrons. The molecule has 1 aromatic rings. The van der Waals surface area contributed by atoms with Gasteiger partial charge in [-0.2, -0.15) is 4.98 Å². The van der Waals surface area contributed by atoms with Crippen LogP contribution in [0.1, 0.15) is 51.8 Å². The molecule has 1 aliphatic heterocycles. The molecular weight excluding hydrogens is 242 g/mol. The van der Waals surface area contributed by atoms with Gasteiger partial charge in [0.1, 0.15) is 5.60 Å². The van der Waals surface area contributed by atoms with Crippen molar-refractivity contribution in [1.82, 2.24) is 10.1 Å². The first kappa shape index (κ1) is 12.9. The van der Waals surface area contributed by atoms with Crippen LogP contribution in [0.2, 0.25) is 0 Å². The summed E-state index contributed by atoms with van der Waals surface area (Å²) in [6.45, 7) is 4.94. The standard InChI is InChI=1S/C14H23N3O2/c1-14(2,18-3)12-15-13(16-19-12)17-9-5-4-6-11(17)10-7-8-10/h10-11H,4-9H2,1-3H3. The Bertz CT molecular complexity index is 440. The normalized spacial score (nSPS) is 24.8. The van der Waals surface area contributed by atoms with Crippen LogP contribution in [0, 0.1) is 5.92 Å². The van der Waals surface area contributed by atoms with E-state index in [0.29, 0.717) is 11.9 Å². The number of nitrogens with zero attached hydrogens (tertiary/aromatic N) is 3. The Kier molecular flexibility index (Phi) is 3.25. The first-order chi connectivity index (χ1) is 9.12. The Balaban J connectivity index is 1.80. The highest BCUT2D eigenvalue weighted by Gasteiger charge is 2.39. The third-order valence-electron chi connectivity index (χ3n) is 4.41. The van der Waals surface area contributed by atoms with Crippen molar-refractivity contribution in [3.63, 3.8) is 0 Å². The first-order valence-corrected chi connectivity index (χ1v) is 7.28. The van der Waals surface area contributed by atoms with E-state index in [-0.39, 0.29) is 0 Å². The molecule has 2 fully saturated rings. The van der Waals surface area contributed by atoms with E-state index >= 15 is 0 Å². The van der Waals surface area contributed by atoms with Crippen LogP contribution < -0.4 is 4.90 Å². The molecule has 1 aromatic heterocycles. The van der Waals surface area contributed by atoms with Crippen LogP contribution in [0.5, 0.6) is 0 Å². The molecule has 1 atom stereocenters. The summed E-state index contributed by atoms with van der Waals surface area (Å²) in [5.74, 6) is 2.15. The molecule has 1 saturated heterocycles. The minimum Gasteiger partial charge on any atom is -0.369 e. The number of aromatic nitrogens is 2. The van der Waals surface area contributed by atoms with E-state index in [1.54, 1.807) is 7.11 Å². The topological polar surface area (TPSA) is 51.4 Å². The fraction of sp³-hybridized carbons (Fsp3) is 0.857. The fourth-order valence-corrected chi connectivity index (χ4v) is 2.84. The molecule has 1 saturated carbocycles. The zero-order chi connectivity index (χ0) is 13.5. The van der Waals surface area contributed by atoms with Gasteiger partial charge in [0.25, 0.3) is 11.8 Å². The van der Waals surface area contributed by atoms with Gasteiger partial charge in [-0.25, -0.2) is 0 Å². The van der Waals surface area contributed by atoms with Crippen LogP contribution in [-0.4, -0.2) is 29.8 Å². The first-order valence-electron chi connectivity index (χ1n) is 7.28. The maximum absolute atomic E-state index is 5.40. The summed E-state index contributed by atoms with van der Waals surface area (Å²) in [7, 11) is 1.66. The van der Waals surface area contributed by atoms with Gasteiger partial charge in [-0.3, -0.25) is 0 Å². The molecule has 19 heavy (non-hydrogen) atoms. The van der Waals surface area contributed by atoms with Crippen LogP contribution in [0.3, 0.4) is 0 Å². The van der Waals surface area contributed by atoms with E-state index < -0.39 is 5.60 Å². The molecule has 2 heterocycles. The third kappa shape index (κ3) is 2.48. The van der Waals surface area contributed by atoms with Crippen LogP contribution in [0.15, 0.2) is 4.52 Å². The largest absolute Gasteiger partial charge is 0.369 e. The van der Waals surface area contributed by atoms with E-state index in [1.807, 2.05) is 13.8 Å². The van der Waals surface area contributed by atoms with Crippen molar-refractivity contribution >= 4 is 5.95 Å². The summed E-state index contributed by atoms with van der Waals surface area (Å²) in [5.41, 5.74) is -0.518. The predicted octanol–water partition coefficient (Wildman–Crippen LogP) is 2.72. The minimum atomic E-state index is -0.518. The van der Waals surface area contributed by atoms with Gasteiger partial charge in [-0.1, -0.05) is 0 Å². The van der Waals surface area contributed by atoms with Gasteiger partial charge >= 0.3 is 0 Å². The maximum atomic E-state index is 5.40. The van der Waals surface area contributed by atoms with Gasteiger partial charge in [-0.15, -0.1) is 0 Å². The summed E-state index contributed by atoms with van der Waals surface area (Å²) >= 11 is 0. The molecule has 0 N–H and O–H groups in total. The number of hydrogen-bond acceptors (Lipinski definition) is 5. The van der Waals surface area contributed by atoms with Crippen molar-refractivity contribution in [2.24, 2.45) is 5.92 Å². The number of hydrogen-bond donors (Lipinski definition) is 0. The van der Waals surface area contributed by atoms with Gasteiger partial charge in [-0.05, 0) is 57.0 Å². The highest BCUT2D eigenvalue weighted by Crippen LogP contribution is 2.40. The lowest BCUT2D eigenvalue weighted by atomic mass is 9.99. The fourth-order valence-electron chi connectivity index (χ4n) is 2.84. The monoisotopic (exact) mass is 265 g/mol. The lowest BCUT2D eigenvalue weighted by Gasteiger charge is -2.34. The van der Waals surface area contributed by atoms with Gasteiger partial charge in [0.15, 0.2) is 0 Å². The predicted molar refractivity (Wildman–Crippen MR) is 72.0 cm³/mol. The Morgan fingerprint density at radius 3 is 2.74 bits per heavy atom. The number of anilines is 1. The van der Waals surface area contributed by atoms with Crippen molar-refractivity contribution in [2.45, 2.75) is 57.6 Å². The highest BCUT2D eigenvalue weighted by molar-refractivity contribution is 5.32. The molecule has 0 amide bonds. The molecule has 1 aliphatic carbocycles. The lowest BCUT2D eigenvalue weighted by molar-refractivity contribution is -0.00786. The van der Waals surface area contributed by atoms with Gasteiger partial charge in [0.2, 0.25) is 0 Å². The van der Waals surface area contributed by atoms with E-state index in [9.17, 15) is 0 Å². The summed E-state index contributed by atoms with van der Waals surface area (Å²) in [4.78, 5) is 6.91. The van der Waals surface area contributed by atoms with E-state index in [1.165, 1.54) is 32.1 Å². The van der Waals surface area contributed by atoms with Crippen molar-refractivity contribution in [2.75, 3.05) is 18.6 Å². The molecule has 2 aliphatic rings. The van der Waals surface area contributed by atoms with Crippen LogP contribution in [-0.2, 0) is 10.3 Å². The van der Waals surface area contributed by atoms with E-state index in [2.05, 4.69) is 15.0 Å². The van der Waals surface area contributed by atoms with Crippen molar-refractivity contribution in [3.8, 4) is 0 Å². The Morgan fingerprint density at radius 2 is 2.05 bits per heavy atom. The van der Waals surface area contributed by atoms with E-state index in [4.69, 9.17) is 9.26 Å². The smallest absolute Gasteiger partial charge is 0.266 e. The highest BCUT2D eigenvalue weighted by atomic mass is 16.5. The molecule has 5 nitrogen and oxygen atoms in total. The van der Waals surface area contributed by atoms with Gasteiger partial charge < -0.3 is 14.2 Å². The Morgan fingerprint density at radius 1 is 1.26 bits per heavy atom. The Hall–Kier alpha value is -1.10. The molecular formula is C14H23N3O2. The second-order valence-electron chi connectivity index (χ2n) is 6.21. The van der Waals surface area contributed by atoms with E-state index in [0.717, 1.165) is 18.4 Å². The van der Waals surface area contributed by atoms with Gasteiger partial charge in [0.05, 0.1) is 0 Å². The minimum absolute atomic E-state index is 0.518. The molecule has 0 aromatic carbocycles. The van der Waals surface area contributed by atoms with Crippen LogP contribution >= 0.6 is 0 Å². The number of rotatable bonds is 4. The molecule has 1 unspecified atom stereocenters. The SMILES string of the molecule is COC(C)(C)c1nc(N2CCCCC2C2CC2)no1. The number of ether oxygens (including phenoxy) is 1. The van der Waals surface area contributed by atoms with Crippen molar-refractivity contribution in [1.29, 1.82) is 0 Å². The van der Waals surface area contributed by atoms with Crippen LogP contribution in [0.4, 0.5) is 5.95 Å². The summed E-state index contributed by atoms with van der Waals surface area (Å²) in [5, 5.41) is 4.17. The zero-order valence-electron chi connectivity index (χ0n) is 12.1. The quantitative estimate of drug-likeness (QED) is 0.837. The number of piperidine rings is 1. The average molecular weight is 265 g/mol. The Labute approximate surface area is 114 Å². The summed E-state index contributed by atoms with van der Waals surface area (Å²) in [6, 6.07) is 0.616. The van der Waals surface area contributed by atoms with Crippen molar-refractivity contribution in [3.05, 3.63) is 5.89 Å². The zero-order valence-corrected chi connectivity index (χ0v) is 12.1. The third-order valence-corrected chi connectivity index (χ3v) is 4.41. The molecule has 0 bridgehead atoms. The molecule has 0 spiro atoms. The second kappa shape index (κ2) is 4.78. The lowest BCUT2D eigenvalue weighted by Crippen LogP contribution is -2.41. The summed E-state index contributed by atoms with van der Waals surface area (Å²) < 4.78 is 10.8. The molecule has 3 rings (SSSR count). The number of methoxy groups -OCH3 is 1. The second-order valence-corrected chi connectivity index (χ2v) is 6.21. The maximum Gasteiger partial charge on any atom is 0.266 e. The van der Waals surface area contributed by atoms with Crippen molar-refractivity contribution < 1.29 is 9.26 Å². The average Bonchev–Trinajstić information content (AvgIpc) is 3.15. The molecule has 5 heteroatoms. The molecule has 106 valence electrons. The van der Waals surface area contributed by atoms with Crippen LogP contribution in [0.25, 0.3) is 0 Å².